The van der Waals surface area contributed by atoms with Crippen molar-refractivity contribution in [2.75, 3.05) is 26.2 Å². The molecule has 0 amide bonds. The van der Waals surface area contributed by atoms with Crippen molar-refractivity contribution in [1.29, 1.82) is 0 Å². The molecular formula is C14H22ClFN2O. The van der Waals surface area contributed by atoms with E-state index in [0.29, 0.717) is 5.56 Å². The number of benzene rings is 1. The number of halogens is 2. The highest BCUT2D eigenvalue weighted by atomic mass is 35.5. The van der Waals surface area contributed by atoms with E-state index in [-0.39, 0.29) is 30.0 Å². The number of aromatic hydroxyl groups is 1. The van der Waals surface area contributed by atoms with Gasteiger partial charge < -0.3 is 10.4 Å². The van der Waals surface area contributed by atoms with Crippen molar-refractivity contribution < 1.29 is 9.50 Å². The molecule has 1 saturated heterocycles. The number of aryl methyl sites for hydroxylation is 1. The van der Waals surface area contributed by atoms with Crippen molar-refractivity contribution >= 4 is 12.4 Å². The van der Waals surface area contributed by atoms with Gasteiger partial charge >= 0.3 is 0 Å². The summed E-state index contributed by atoms with van der Waals surface area (Å²) in [6.07, 6.45) is 0.871. The van der Waals surface area contributed by atoms with Crippen molar-refractivity contribution in [3.63, 3.8) is 0 Å². The third-order valence-corrected chi connectivity index (χ3v) is 3.63. The highest BCUT2D eigenvalue weighted by Crippen LogP contribution is 2.34. The van der Waals surface area contributed by atoms with Crippen LogP contribution in [0.4, 0.5) is 4.39 Å². The summed E-state index contributed by atoms with van der Waals surface area (Å²) in [7, 11) is 0. The number of hydrogen-bond acceptors (Lipinski definition) is 3. The van der Waals surface area contributed by atoms with Crippen LogP contribution < -0.4 is 5.32 Å². The molecule has 5 heteroatoms. The first-order valence-corrected chi connectivity index (χ1v) is 6.57. The van der Waals surface area contributed by atoms with Crippen LogP contribution in [0, 0.1) is 12.7 Å². The summed E-state index contributed by atoms with van der Waals surface area (Å²) >= 11 is 0. The van der Waals surface area contributed by atoms with Gasteiger partial charge in [0.2, 0.25) is 0 Å². The first-order chi connectivity index (χ1) is 8.63. The summed E-state index contributed by atoms with van der Waals surface area (Å²) < 4.78 is 13.5. The molecule has 0 radical (unpaired) electrons. The van der Waals surface area contributed by atoms with Crippen molar-refractivity contribution in [3.05, 3.63) is 29.1 Å². The maximum absolute atomic E-state index is 13.5. The second-order valence-electron chi connectivity index (χ2n) is 4.87. The topological polar surface area (TPSA) is 35.5 Å². The fourth-order valence-electron chi connectivity index (χ4n) is 2.68. The van der Waals surface area contributed by atoms with E-state index >= 15 is 0 Å². The van der Waals surface area contributed by atoms with Gasteiger partial charge in [0.05, 0.1) is 0 Å². The molecule has 1 aliphatic heterocycles. The molecule has 0 aliphatic carbocycles. The zero-order valence-corrected chi connectivity index (χ0v) is 12.3. The van der Waals surface area contributed by atoms with Crippen LogP contribution in [0.25, 0.3) is 0 Å². The summed E-state index contributed by atoms with van der Waals surface area (Å²) in [5.41, 5.74) is 1.33. The first kappa shape index (κ1) is 16.2. The van der Waals surface area contributed by atoms with E-state index in [1.807, 2.05) is 0 Å². The Morgan fingerprint density at radius 2 is 2.00 bits per heavy atom. The lowest BCUT2D eigenvalue weighted by molar-refractivity contribution is 0.166. The maximum Gasteiger partial charge on any atom is 0.124 e. The Bertz CT molecular complexity index is 422. The van der Waals surface area contributed by atoms with Crippen LogP contribution in [0.3, 0.4) is 0 Å². The molecule has 19 heavy (non-hydrogen) atoms. The van der Waals surface area contributed by atoms with E-state index in [0.717, 1.165) is 38.2 Å². The van der Waals surface area contributed by atoms with Crippen LogP contribution in [0.1, 0.15) is 30.5 Å². The lowest BCUT2D eigenvalue weighted by Gasteiger charge is -2.35. The number of phenols is 1. The Kier molecular flexibility index (Phi) is 6.04. The van der Waals surface area contributed by atoms with Gasteiger partial charge in [0, 0.05) is 37.8 Å². The Morgan fingerprint density at radius 1 is 1.37 bits per heavy atom. The van der Waals surface area contributed by atoms with E-state index < -0.39 is 0 Å². The number of phenolic OH excluding ortho intramolecular Hbond substituents is 1. The fraction of sp³-hybridized carbons (Fsp3) is 0.571. The van der Waals surface area contributed by atoms with Gasteiger partial charge in [-0.1, -0.05) is 6.92 Å². The van der Waals surface area contributed by atoms with Gasteiger partial charge in [0.1, 0.15) is 11.6 Å². The third kappa shape index (κ3) is 3.59. The highest BCUT2D eigenvalue weighted by molar-refractivity contribution is 5.85. The molecule has 0 unspecified atom stereocenters. The van der Waals surface area contributed by atoms with Crippen LogP contribution in [0.5, 0.6) is 5.75 Å². The average molecular weight is 289 g/mol. The Hall–Kier alpha value is -0.840. The van der Waals surface area contributed by atoms with Gasteiger partial charge in [0.25, 0.3) is 0 Å². The minimum absolute atomic E-state index is 0. The lowest BCUT2D eigenvalue weighted by Crippen LogP contribution is -2.45. The van der Waals surface area contributed by atoms with E-state index in [1.165, 1.54) is 12.1 Å². The summed E-state index contributed by atoms with van der Waals surface area (Å²) in [4.78, 5) is 2.31. The summed E-state index contributed by atoms with van der Waals surface area (Å²) in [5, 5.41) is 13.4. The van der Waals surface area contributed by atoms with Crippen LogP contribution in [-0.4, -0.2) is 36.2 Å². The standard InChI is InChI=1S/C14H21FN2O.ClH/c1-3-13(17-6-4-16-5-7-17)12-9-11(15)8-10(2)14(12)18;/h8-9,13,16,18H,3-7H2,1-2H3;1H/t13-;/m0./s1. The second-order valence-corrected chi connectivity index (χ2v) is 4.87. The van der Waals surface area contributed by atoms with Gasteiger partial charge in [0.15, 0.2) is 0 Å². The fourth-order valence-corrected chi connectivity index (χ4v) is 2.68. The quantitative estimate of drug-likeness (QED) is 0.897. The van der Waals surface area contributed by atoms with Gasteiger partial charge in [-0.25, -0.2) is 4.39 Å². The van der Waals surface area contributed by atoms with Crippen LogP contribution in [0.15, 0.2) is 12.1 Å². The molecule has 3 nitrogen and oxygen atoms in total. The van der Waals surface area contributed by atoms with Gasteiger partial charge in [-0.3, -0.25) is 4.90 Å². The SMILES string of the molecule is CC[C@@H](c1cc(F)cc(C)c1O)N1CCNCC1.Cl. The second kappa shape index (κ2) is 7.08. The molecule has 1 aromatic carbocycles. The summed E-state index contributed by atoms with van der Waals surface area (Å²) in [5.74, 6) is -0.0318. The van der Waals surface area contributed by atoms with E-state index in [2.05, 4.69) is 17.1 Å². The van der Waals surface area contributed by atoms with E-state index in [9.17, 15) is 9.50 Å². The number of nitrogens with zero attached hydrogens (tertiary/aromatic N) is 1. The molecular weight excluding hydrogens is 267 g/mol. The first-order valence-electron chi connectivity index (χ1n) is 6.57. The molecule has 108 valence electrons. The van der Waals surface area contributed by atoms with Crippen molar-refractivity contribution in [3.8, 4) is 5.75 Å². The number of nitrogens with one attached hydrogen (secondary N) is 1. The molecule has 2 rings (SSSR count). The molecule has 0 bridgehead atoms. The minimum atomic E-state index is -0.270. The van der Waals surface area contributed by atoms with Crippen molar-refractivity contribution in [2.45, 2.75) is 26.3 Å². The summed E-state index contributed by atoms with van der Waals surface area (Å²) in [6.45, 7) is 7.59. The van der Waals surface area contributed by atoms with Crippen LogP contribution in [-0.2, 0) is 0 Å². The largest absolute Gasteiger partial charge is 0.507 e. The molecule has 0 aromatic heterocycles. The number of piperazine rings is 1. The average Bonchev–Trinajstić information content (AvgIpc) is 2.37. The Labute approximate surface area is 120 Å². The highest BCUT2D eigenvalue weighted by Gasteiger charge is 2.24. The predicted octanol–water partition coefficient (Wildman–Crippen LogP) is 2.62. The normalized spacial score (nSPS) is 17.8. The zero-order chi connectivity index (χ0) is 13.1. The van der Waals surface area contributed by atoms with E-state index in [1.54, 1.807) is 6.92 Å². The molecule has 1 aromatic rings. The van der Waals surface area contributed by atoms with Crippen LogP contribution >= 0.6 is 12.4 Å². The minimum Gasteiger partial charge on any atom is -0.507 e. The molecule has 0 spiro atoms. The van der Waals surface area contributed by atoms with E-state index in [4.69, 9.17) is 0 Å². The van der Waals surface area contributed by atoms with Crippen molar-refractivity contribution in [2.24, 2.45) is 0 Å². The van der Waals surface area contributed by atoms with Gasteiger partial charge in [-0.15, -0.1) is 12.4 Å². The molecule has 1 aliphatic rings. The van der Waals surface area contributed by atoms with Crippen LogP contribution in [0.2, 0.25) is 0 Å². The molecule has 1 heterocycles. The van der Waals surface area contributed by atoms with Gasteiger partial charge in [-0.05, 0) is 31.0 Å². The monoisotopic (exact) mass is 288 g/mol. The molecule has 1 atom stereocenters. The van der Waals surface area contributed by atoms with Gasteiger partial charge in [-0.2, -0.15) is 0 Å². The van der Waals surface area contributed by atoms with Crippen molar-refractivity contribution in [1.82, 2.24) is 10.2 Å². The number of rotatable bonds is 3. The summed E-state index contributed by atoms with van der Waals surface area (Å²) in [6, 6.07) is 2.95. The Morgan fingerprint density at radius 3 is 2.58 bits per heavy atom. The maximum atomic E-state index is 13.5. The third-order valence-electron chi connectivity index (χ3n) is 3.63. The predicted molar refractivity (Wildman–Crippen MR) is 77.5 cm³/mol. The molecule has 1 fully saturated rings. The smallest absolute Gasteiger partial charge is 0.124 e. The lowest BCUT2D eigenvalue weighted by atomic mass is 9.98. The number of hydrogen-bond donors (Lipinski definition) is 2. The molecule has 0 saturated carbocycles. The Balaban J connectivity index is 0.00000180. The molecule has 2 N–H and O–H groups in total. The zero-order valence-electron chi connectivity index (χ0n) is 11.4.